The number of carbonyl (C=O) groups excluding carboxylic acids is 1. The van der Waals surface area contributed by atoms with Crippen molar-refractivity contribution in [2.45, 2.75) is 10.7 Å². The van der Waals surface area contributed by atoms with Crippen LogP contribution < -0.4 is 10.2 Å². The highest BCUT2D eigenvalue weighted by Crippen LogP contribution is 2.31. The van der Waals surface area contributed by atoms with Crippen molar-refractivity contribution in [3.8, 4) is 6.07 Å². The van der Waals surface area contributed by atoms with E-state index in [1.807, 2.05) is 6.07 Å². The summed E-state index contributed by atoms with van der Waals surface area (Å²) in [5.41, 5.74) is 0.767. The molecule has 1 aromatic carbocycles. The number of para-hydroxylation sites is 1. The van der Waals surface area contributed by atoms with Gasteiger partial charge in [0, 0.05) is 18.1 Å². The molecular weight excluding hydrogens is 334 g/mol. The molecule has 1 N–H and O–H groups in total. The molecule has 8 heteroatoms. The first-order valence-corrected chi connectivity index (χ1v) is 7.78. The van der Waals surface area contributed by atoms with Crippen LogP contribution in [-0.2, 0) is 4.79 Å². The van der Waals surface area contributed by atoms with Crippen LogP contribution in [0, 0.1) is 11.3 Å². The number of nitriles is 1. The van der Waals surface area contributed by atoms with Crippen molar-refractivity contribution in [3.05, 3.63) is 48.2 Å². The summed E-state index contributed by atoms with van der Waals surface area (Å²) in [6, 6.07) is 11.6. The molecule has 0 fully saturated rings. The van der Waals surface area contributed by atoms with Gasteiger partial charge in [0.15, 0.2) is 0 Å². The van der Waals surface area contributed by atoms with Gasteiger partial charge in [-0.2, -0.15) is 14.0 Å². The molecule has 1 heterocycles. The fraction of sp³-hybridized carbons (Fsp3) is 0.188. The van der Waals surface area contributed by atoms with Gasteiger partial charge in [0.05, 0.1) is 17.8 Å². The fourth-order valence-electron chi connectivity index (χ4n) is 1.93. The molecule has 0 radical (unpaired) electrons. The maximum atomic E-state index is 12.5. The van der Waals surface area contributed by atoms with Crippen molar-refractivity contribution in [1.29, 1.82) is 5.26 Å². The highest BCUT2D eigenvalue weighted by atomic mass is 32.2. The number of carbonyl (C=O) groups is 1. The lowest BCUT2D eigenvalue weighted by Crippen LogP contribution is -2.30. The Morgan fingerprint density at radius 3 is 2.75 bits per heavy atom. The molecule has 1 aromatic heterocycles. The Morgan fingerprint density at radius 2 is 2.12 bits per heavy atom. The van der Waals surface area contributed by atoms with Gasteiger partial charge in [-0.25, -0.2) is 4.98 Å². The number of amides is 1. The minimum Gasteiger partial charge on any atom is -0.350 e. The summed E-state index contributed by atoms with van der Waals surface area (Å²) in [5, 5.41) is 11.4. The number of rotatable bonds is 6. The Labute approximate surface area is 142 Å². The molecule has 2 aromatic rings. The molecule has 5 nitrogen and oxygen atoms in total. The number of hydrogen-bond acceptors (Lipinski definition) is 5. The Morgan fingerprint density at radius 1 is 1.38 bits per heavy atom. The molecule has 1 amide bonds. The lowest BCUT2D eigenvalue weighted by atomic mass is 10.3. The molecular formula is C16H14F2N4OS. The predicted octanol–water partition coefficient (Wildman–Crippen LogP) is 3.34. The Balaban J connectivity index is 2.01. The summed E-state index contributed by atoms with van der Waals surface area (Å²) in [5.74, 6) is -2.39. The van der Waals surface area contributed by atoms with E-state index in [-0.39, 0.29) is 12.5 Å². The molecule has 0 bridgehead atoms. The number of halogens is 2. The number of nitrogens with zero attached hydrogens (tertiary/aromatic N) is 3. The molecule has 0 saturated carbocycles. The van der Waals surface area contributed by atoms with Gasteiger partial charge in [-0.3, -0.25) is 4.79 Å². The second-order valence-corrected chi connectivity index (χ2v) is 5.83. The topological polar surface area (TPSA) is 69.0 Å². The molecule has 124 valence electrons. The molecule has 0 saturated heterocycles. The maximum absolute atomic E-state index is 12.5. The molecule has 0 aliphatic rings. The third kappa shape index (κ3) is 4.93. The van der Waals surface area contributed by atoms with Crippen molar-refractivity contribution >= 4 is 29.2 Å². The highest BCUT2D eigenvalue weighted by molar-refractivity contribution is 7.99. The predicted molar refractivity (Wildman–Crippen MR) is 89.2 cm³/mol. The lowest BCUT2D eigenvalue weighted by Gasteiger charge is -2.18. The van der Waals surface area contributed by atoms with E-state index in [0.717, 1.165) is 0 Å². The van der Waals surface area contributed by atoms with E-state index >= 15 is 0 Å². The SMILES string of the molecule is CN(CC(=O)Nc1ccccc1SC(F)F)c1ccc(C#N)cn1. The van der Waals surface area contributed by atoms with Crippen LogP contribution in [0.15, 0.2) is 47.5 Å². The van der Waals surface area contributed by atoms with Crippen LogP contribution >= 0.6 is 11.8 Å². The largest absolute Gasteiger partial charge is 0.350 e. The second-order valence-electron chi connectivity index (χ2n) is 4.80. The number of thioether (sulfide) groups is 1. The van der Waals surface area contributed by atoms with Crippen LogP contribution in [0.5, 0.6) is 0 Å². The van der Waals surface area contributed by atoms with E-state index in [1.165, 1.54) is 12.3 Å². The molecule has 2 rings (SSSR count). The van der Waals surface area contributed by atoms with Crippen molar-refractivity contribution < 1.29 is 13.6 Å². The van der Waals surface area contributed by atoms with Gasteiger partial charge in [0.2, 0.25) is 5.91 Å². The van der Waals surface area contributed by atoms with Crippen LogP contribution in [0.1, 0.15) is 5.56 Å². The van der Waals surface area contributed by atoms with Crippen LogP contribution in [0.2, 0.25) is 0 Å². The third-order valence-corrected chi connectivity index (χ3v) is 3.81. The van der Waals surface area contributed by atoms with Gasteiger partial charge in [-0.1, -0.05) is 23.9 Å². The number of benzene rings is 1. The first-order valence-electron chi connectivity index (χ1n) is 6.90. The zero-order valence-electron chi connectivity index (χ0n) is 12.7. The second kappa shape index (κ2) is 8.26. The maximum Gasteiger partial charge on any atom is 0.288 e. The summed E-state index contributed by atoms with van der Waals surface area (Å²) in [4.78, 5) is 18.1. The zero-order chi connectivity index (χ0) is 17.5. The Bertz CT molecular complexity index is 746. The molecule has 0 unspecified atom stereocenters. The van der Waals surface area contributed by atoms with E-state index in [4.69, 9.17) is 5.26 Å². The van der Waals surface area contributed by atoms with E-state index in [2.05, 4.69) is 10.3 Å². The number of likely N-dealkylation sites (N-methyl/N-ethyl adjacent to an activating group) is 1. The number of pyridine rings is 1. The molecule has 0 aliphatic heterocycles. The monoisotopic (exact) mass is 348 g/mol. The highest BCUT2D eigenvalue weighted by Gasteiger charge is 2.13. The number of nitrogens with one attached hydrogen (secondary N) is 1. The minimum atomic E-state index is -2.56. The van der Waals surface area contributed by atoms with Crippen LogP contribution in [0.25, 0.3) is 0 Å². The van der Waals surface area contributed by atoms with Crippen LogP contribution in [0.3, 0.4) is 0 Å². The van der Waals surface area contributed by atoms with E-state index in [9.17, 15) is 13.6 Å². The summed E-state index contributed by atoms with van der Waals surface area (Å²) in [6.45, 7) is -0.00736. The molecule has 24 heavy (non-hydrogen) atoms. The van der Waals surface area contributed by atoms with Gasteiger partial charge in [-0.15, -0.1) is 0 Å². The average molecular weight is 348 g/mol. The average Bonchev–Trinajstić information content (AvgIpc) is 2.56. The molecule has 0 aliphatic carbocycles. The zero-order valence-corrected chi connectivity index (χ0v) is 13.6. The number of alkyl halides is 2. The first kappa shape index (κ1) is 17.7. The summed E-state index contributed by atoms with van der Waals surface area (Å²) in [6.07, 6.45) is 1.41. The number of aromatic nitrogens is 1. The Kier molecular flexibility index (Phi) is 6.09. The van der Waals surface area contributed by atoms with E-state index in [1.54, 1.807) is 42.3 Å². The minimum absolute atomic E-state index is 0.00736. The number of anilines is 2. The smallest absolute Gasteiger partial charge is 0.288 e. The van der Waals surface area contributed by atoms with Crippen molar-refractivity contribution in [1.82, 2.24) is 4.98 Å². The summed E-state index contributed by atoms with van der Waals surface area (Å²) in [7, 11) is 1.67. The first-order chi connectivity index (χ1) is 11.5. The fourth-order valence-corrected chi connectivity index (χ4v) is 2.53. The lowest BCUT2D eigenvalue weighted by molar-refractivity contribution is -0.114. The van der Waals surface area contributed by atoms with Crippen molar-refractivity contribution in [2.75, 3.05) is 23.8 Å². The van der Waals surface area contributed by atoms with Gasteiger partial charge in [0.1, 0.15) is 11.9 Å². The quantitative estimate of drug-likeness (QED) is 0.811. The van der Waals surface area contributed by atoms with Crippen molar-refractivity contribution in [2.24, 2.45) is 0 Å². The summed E-state index contributed by atoms with van der Waals surface area (Å²) >= 11 is 0.382. The van der Waals surface area contributed by atoms with Gasteiger partial charge in [0.25, 0.3) is 5.76 Å². The molecule has 0 atom stereocenters. The van der Waals surface area contributed by atoms with Gasteiger partial charge < -0.3 is 10.2 Å². The van der Waals surface area contributed by atoms with E-state index < -0.39 is 5.76 Å². The third-order valence-electron chi connectivity index (χ3n) is 3.03. The Hall–Kier alpha value is -2.66. The molecule has 0 spiro atoms. The van der Waals surface area contributed by atoms with E-state index in [0.29, 0.717) is 33.7 Å². The normalized spacial score (nSPS) is 10.3. The van der Waals surface area contributed by atoms with Gasteiger partial charge >= 0.3 is 0 Å². The standard InChI is InChI=1S/C16H14F2N4OS/c1-22(14-7-6-11(8-19)9-20-14)10-15(23)21-12-4-2-3-5-13(12)24-16(17)18/h2-7,9,16H,10H2,1H3,(H,21,23). The van der Waals surface area contributed by atoms with Crippen molar-refractivity contribution in [3.63, 3.8) is 0 Å². The summed E-state index contributed by atoms with van der Waals surface area (Å²) < 4.78 is 25.1. The van der Waals surface area contributed by atoms with Gasteiger partial charge in [-0.05, 0) is 24.3 Å². The van der Waals surface area contributed by atoms with Crippen LogP contribution in [0.4, 0.5) is 20.3 Å². The number of hydrogen-bond donors (Lipinski definition) is 1. The van der Waals surface area contributed by atoms with Crippen LogP contribution in [-0.4, -0.2) is 30.2 Å².